The first-order chi connectivity index (χ1) is 18.1. The summed E-state index contributed by atoms with van der Waals surface area (Å²) in [5.74, 6) is 0.248. The molecule has 2 N–H and O–H groups in total. The number of amides is 1. The second-order valence-corrected chi connectivity index (χ2v) is 10.2. The van der Waals surface area contributed by atoms with E-state index in [9.17, 15) is 9.59 Å². The first kappa shape index (κ1) is 30.7. The lowest BCUT2D eigenvalue weighted by atomic mass is 9.98. The van der Waals surface area contributed by atoms with Crippen LogP contribution in [0.2, 0.25) is 0 Å². The number of para-hydroxylation sites is 1. The van der Waals surface area contributed by atoms with Crippen LogP contribution in [0.3, 0.4) is 0 Å². The summed E-state index contributed by atoms with van der Waals surface area (Å²) in [7, 11) is 0. The van der Waals surface area contributed by atoms with E-state index in [1.807, 2.05) is 24.3 Å². The lowest BCUT2D eigenvalue weighted by Crippen LogP contribution is -2.26. The smallest absolute Gasteiger partial charge is 0.434 e. The first-order valence-corrected chi connectivity index (χ1v) is 14.8. The molecule has 6 heteroatoms. The van der Waals surface area contributed by atoms with Crippen molar-refractivity contribution in [3.63, 3.8) is 0 Å². The van der Waals surface area contributed by atoms with Gasteiger partial charge in [0.05, 0.1) is 12.6 Å². The highest BCUT2D eigenvalue weighted by Gasteiger charge is 2.24. The number of hydrogen-bond acceptors (Lipinski definition) is 4. The van der Waals surface area contributed by atoms with Crippen molar-refractivity contribution in [3.8, 4) is 5.88 Å². The lowest BCUT2D eigenvalue weighted by molar-refractivity contribution is -0.119. The minimum atomic E-state index is -0.746. The average molecular weight is 515 g/mol. The van der Waals surface area contributed by atoms with Gasteiger partial charge in [0, 0.05) is 23.4 Å². The van der Waals surface area contributed by atoms with Crippen LogP contribution >= 0.6 is 0 Å². The third-order valence-electron chi connectivity index (χ3n) is 6.98. The van der Waals surface area contributed by atoms with Crippen molar-refractivity contribution in [1.82, 2.24) is 10.3 Å². The Hall–Kier alpha value is -2.50. The molecular weight excluding hydrogens is 464 g/mol. The summed E-state index contributed by atoms with van der Waals surface area (Å²) in [5, 5.41) is 4.02. The maximum absolute atomic E-state index is 12.0. The monoisotopic (exact) mass is 514 g/mol. The molecule has 0 saturated heterocycles. The van der Waals surface area contributed by atoms with E-state index < -0.39 is 6.16 Å². The summed E-state index contributed by atoms with van der Waals surface area (Å²) in [6, 6.07) is 7.57. The van der Waals surface area contributed by atoms with Gasteiger partial charge < -0.3 is 19.8 Å². The molecule has 2 rings (SSSR count). The van der Waals surface area contributed by atoms with Gasteiger partial charge in [-0.25, -0.2) is 4.79 Å². The molecule has 1 aromatic heterocycles. The maximum atomic E-state index is 12.0. The Kier molecular flexibility index (Phi) is 15.5. The summed E-state index contributed by atoms with van der Waals surface area (Å²) >= 11 is 0. The van der Waals surface area contributed by atoms with E-state index in [4.69, 9.17) is 9.47 Å². The lowest BCUT2D eigenvalue weighted by Gasteiger charge is -2.19. The molecule has 0 radical (unpaired) electrons. The zero-order chi connectivity index (χ0) is 26.7. The molecule has 1 heterocycles. The fourth-order valence-corrected chi connectivity index (χ4v) is 5.05. The van der Waals surface area contributed by atoms with Crippen LogP contribution in [0, 0.1) is 0 Å². The number of ether oxygens (including phenoxy) is 2. The Bertz CT molecular complexity index is 908. The van der Waals surface area contributed by atoms with Crippen molar-refractivity contribution < 1.29 is 19.1 Å². The number of unbranched alkanes of at least 4 members (excludes halogenated alkanes) is 14. The van der Waals surface area contributed by atoms with Crippen LogP contribution in [0.1, 0.15) is 135 Å². The van der Waals surface area contributed by atoms with Crippen molar-refractivity contribution in [1.29, 1.82) is 0 Å². The van der Waals surface area contributed by atoms with Gasteiger partial charge >= 0.3 is 6.16 Å². The number of H-pyrrole nitrogens is 1. The Morgan fingerprint density at radius 1 is 0.811 bits per heavy atom. The molecule has 1 unspecified atom stereocenters. The standard InChI is InChI=1S/C31H50N2O4/c1-4-6-7-8-9-10-11-12-13-14-15-16-17-18-19-24-28(32-25(3)34)29-26-22-20-21-23-27(26)33-30(29)37-31(35)36-5-2/h20-23,28,33H,4-19,24H2,1-3H3,(H,32,34). The molecule has 0 bridgehead atoms. The molecule has 0 spiro atoms. The van der Waals surface area contributed by atoms with Gasteiger partial charge in [0.25, 0.3) is 0 Å². The molecule has 37 heavy (non-hydrogen) atoms. The molecule has 0 fully saturated rings. The predicted octanol–water partition coefficient (Wildman–Crippen LogP) is 9.14. The minimum absolute atomic E-state index is 0.0988. The van der Waals surface area contributed by atoms with Crippen LogP contribution in [-0.4, -0.2) is 23.7 Å². The Morgan fingerprint density at radius 2 is 1.35 bits per heavy atom. The summed E-state index contributed by atoms with van der Waals surface area (Å²) < 4.78 is 10.5. The fourth-order valence-electron chi connectivity index (χ4n) is 5.05. The molecule has 0 aliphatic carbocycles. The Morgan fingerprint density at radius 3 is 1.89 bits per heavy atom. The maximum Gasteiger partial charge on any atom is 0.515 e. The quantitative estimate of drug-likeness (QED) is 0.136. The van der Waals surface area contributed by atoms with Crippen molar-refractivity contribution in [2.45, 2.75) is 130 Å². The number of hydrogen-bond donors (Lipinski definition) is 2. The largest absolute Gasteiger partial charge is 0.515 e. The zero-order valence-electron chi connectivity index (χ0n) is 23.5. The first-order valence-electron chi connectivity index (χ1n) is 14.8. The van der Waals surface area contributed by atoms with Crippen LogP contribution in [-0.2, 0) is 9.53 Å². The number of carbonyl (C=O) groups excluding carboxylic acids is 2. The van der Waals surface area contributed by atoms with E-state index in [0.717, 1.165) is 35.7 Å². The molecule has 1 atom stereocenters. The second-order valence-electron chi connectivity index (χ2n) is 10.2. The number of aromatic nitrogens is 1. The van der Waals surface area contributed by atoms with Crippen molar-refractivity contribution in [2.24, 2.45) is 0 Å². The van der Waals surface area contributed by atoms with Gasteiger partial charge in [0.15, 0.2) is 0 Å². The number of fused-ring (bicyclic) bond motifs is 1. The molecule has 1 aromatic carbocycles. The van der Waals surface area contributed by atoms with E-state index in [-0.39, 0.29) is 18.6 Å². The summed E-state index contributed by atoms with van der Waals surface area (Å²) in [6.45, 7) is 5.78. The van der Waals surface area contributed by atoms with Crippen molar-refractivity contribution >= 4 is 23.0 Å². The highest BCUT2D eigenvalue weighted by Crippen LogP contribution is 2.36. The number of rotatable bonds is 20. The molecule has 6 nitrogen and oxygen atoms in total. The Balaban J connectivity index is 1.75. The van der Waals surface area contributed by atoms with Gasteiger partial charge in [-0.05, 0) is 19.4 Å². The number of nitrogens with one attached hydrogen (secondary N) is 2. The van der Waals surface area contributed by atoms with Gasteiger partial charge in [-0.15, -0.1) is 0 Å². The third-order valence-corrected chi connectivity index (χ3v) is 6.98. The molecule has 0 aliphatic rings. The van der Waals surface area contributed by atoms with E-state index >= 15 is 0 Å². The highest BCUT2D eigenvalue weighted by atomic mass is 16.7. The van der Waals surface area contributed by atoms with E-state index in [2.05, 4.69) is 17.2 Å². The SMILES string of the molecule is CCCCCCCCCCCCCCCCCC(NC(C)=O)c1c(OC(=O)OCC)[nH]c2ccccc12. The van der Waals surface area contributed by atoms with Gasteiger partial charge in [0.2, 0.25) is 11.8 Å². The number of aromatic amines is 1. The summed E-state index contributed by atoms with van der Waals surface area (Å²) in [4.78, 5) is 27.3. The minimum Gasteiger partial charge on any atom is -0.434 e. The van der Waals surface area contributed by atoms with Crippen LogP contribution in [0.15, 0.2) is 24.3 Å². The van der Waals surface area contributed by atoms with Gasteiger partial charge in [-0.3, -0.25) is 4.79 Å². The normalized spacial score (nSPS) is 12.0. The number of carbonyl (C=O) groups is 2. The van der Waals surface area contributed by atoms with E-state index in [1.165, 1.54) is 90.4 Å². The van der Waals surface area contributed by atoms with Crippen molar-refractivity contribution in [2.75, 3.05) is 6.61 Å². The van der Waals surface area contributed by atoms with Crippen LogP contribution in [0.25, 0.3) is 10.9 Å². The molecule has 1 amide bonds. The molecule has 0 aliphatic heterocycles. The van der Waals surface area contributed by atoms with Gasteiger partial charge in [0.1, 0.15) is 0 Å². The average Bonchev–Trinajstić information content (AvgIpc) is 3.23. The number of benzene rings is 1. The Labute approximate surface area is 224 Å². The van der Waals surface area contributed by atoms with Crippen LogP contribution in [0.4, 0.5) is 4.79 Å². The highest BCUT2D eigenvalue weighted by molar-refractivity contribution is 5.88. The van der Waals surface area contributed by atoms with Gasteiger partial charge in [-0.1, -0.05) is 121 Å². The predicted molar refractivity (Wildman–Crippen MR) is 152 cm³/mol. The topological polar surface area (TPSA) is 80.4 Å². The fraction of sp³-hybridized carbons (Fsp3) is 0.677. The zero-order valence-corrected chi connectivity index (χ0v) is 23.5. The molecule has 2 aromatic rings. The summed E-state index contributed by atoms with van der Waals surface area (Å²) in [6.07, 6.45) is 19.8. The molecule has 0 saturated carbocycles. The van der Waals surface area contributed by atoms with E-state index in [0.29, 0.717) is 5.88 Å². The third kappa shape index (κ3) is 12.1. The van der Waals surface area contributed by atoms with Crippen LogP contribution < -0.4 is 10.1 Å². The van der Waals surface area contributed by atoms with Crippen molar-refractivity contribution in [3.05, 3.63) is 29.8 Å². The second kappa shape index (κ2) is 18.7. The molecular formula is C31H50N2O4. The van der Waals surface area contributed by atoms with Crippen LogP contribution in [0.5, 0.6) is 5.88 Å². The summed E-state index contributed by atoms with van der Waals surface area (Å²) in [5.41, 5.74) is 1.67. The molecule has 208 valence electrons. The van der Waals surface area contributed by atoms with Gasteiger partial charge in [-0.2, -0.15) is 0 Å². The van der Waals surface area contributed by atoms with E-state index in [1.54, 1.807) is 6.92 Å².